The number of benzene rings is 1. The van der Waals surface area contributed by atoms with Crippen molar-refractivity contribution in [2.45, 2.75) is 26.0 Å². The highest BCUT2D eigenvalue weighted by molar-refractivity contribution is 8.00. The van der Waals surface area contributed by atoms with Crippen LogP contribution >= 0.6 is 11.8 Å². The van der Waals surface area contributed by atoms with Gasteiger partial charge < -0.3 is 11.1 Å². The van der Waals surface area contributed by atoms with Crippen molar-refractivity contribution in [3.63, 3.8) is 0 Å². The van der Waals surface area contributed by atoms with Crippen LogP contribution < -0.4 is 11.1 Å². The maximum absolute atomic E-state index is 13.4. The monoisotopic (exact) mass is 270 g/mol. The Morgan fingerprint density at radius 2 is 2.11 bits per heavy atom. The fraction of sp³-hybridized carbons (Fsp3) is 0.462. The lowest BCUT2D eigenvalue weighted by molar-refractivity contribution is -0.113. The van der Waals surface area contributed by atoms with Crippen LogP contribution in [0, 0.1) is 11.7 Å². The quantitative estimate of drug-likeness (QED) is 0.808. The van der Waals surface area contributed by atoms with Gasteiger partial charge >= 0.3 is 0 Å². The van der Waals surface area contributed by atoms with Crippen LogP contribution in [0.15, 0.2) is 18.2 Å². The van der Waals surface area contributed by atoms with E-state index in [0.29, 0.717) is 22.6 Å². The summed E-state index contributed by atoms with van der Waals surface area (Å²) in [6.45, 7) is 6.28. The van der Waals surface area contributed by atoms with Crippen LogP contribution in [-0.4, -0.2) is 16.9 Å². The SMILES string of the molecule is CC(C)C(C)SCC(=O)Nc1cc(N)ccc1F. The fourth-order valence-electron chi connectivity index (χ4n) is 1.22. The van der Waals surface area contributed by atoms with Crippen molar-refractivity contribution < 1.29 is 9.18 Å². The molecule has 0 radical (unpaired) electrons. The summed E-state index contributed by atoms with van der Waals surface area (Å²) < 4.78 is 13.4. The highest BCUT2D eigenvalue weighted by Gasteiger charge is 2.12. The summed E-state index contributed by atoms with van der Waals surface area (Å²) in [6, 6.07) is 4.12. The first-order chi connectivity index (χ1) is 8.40. The van der Waals surface area contributed by atoms with Gasteiger partial charge in [-0.25, -0.2) is 4.39 Å². The molecule has 0 fully saturated rings. The number of nitrogen functional groups attached to an aromatic ring is 1. The third-order valence-corrected chi connectivity index (χ3v) is 4.18. The molecular weight excluding hydrogens is 251 g/mol. The minimum atomic E-state index is -0.473. The first-order valence-electron chi connectivity index (χ1n) is 5.86. The van der Waals surface area contributed by atoms with Gasteiger partial charge in [0.15, 0.2) is 0 Å². The van der Waals surface area contributed by atoms with Gasteiger partial charge in [-0.05, 0) is 24.1 Å². The van der Waals surface area contributed by atoms with Crippen molar-refractivity contribution in [1.82, 2.24) is 0 Å². The highest BCUT2D eigenvalue weighted by Crippen LogP contribution is 2.20. The van der Waals surface area contributed by atoms with Gasteiger partial charge in [0.2, 0.25) is 5.91 Å². The van der Waals surface area contributed by atoms with Crippen molar-refractivity contribution in [3.8, 4) is 0 Å². The van der Waals surface area contributed by atoms with E-state index in [9.17, 15) is 9.18 Å². The van der Waals surface area contributed by atoms with Crippen LogP contribution in [0.4, 0.5) is 15.8 Å². The summed E-state index contributed by atoms with van der Waals surface area (Å²) in [7, 11) is 0. The first-order valence-corrected chi connectivity index (χ1v) is 6.91. The number of anilines is 2. The third-order valence-electron chi connectivity index (χ3n) is 2.68. The van der Waals surface area contributed by atoms with Crippen LogP contribution in [0.2, 0.25) is 0 Å². The molecule has 3 N–H and O–H groups in total. The average Bonchev–Trinajstić information content (AvgIpc) is 2.30. The van der Waals surface area contributed by atoms with E-state index < -0.39 is 5.82 Å². The molecule has 1 aromatic rings. The number of halogens is 1. The third kappa shape index (κ3) is 4.56. The molecule has 1 atom stereocenters. The van der Waals surface area contributed by atoms with Crippen molar-refractivity contribution >= 4 is 29.0 Å². The lowest BCUT2D eigenvalue weighted by Gasteiger charge is -2.14. The van der Waals surface area contributed by atoms with E-state index in [4.69, 9.17) is 5.73 Å². The Bertz CT molecular complexity index is 423. The zero-order valence-corrected chi connectivity index (χ0v) is 11.7. The van der Waals surface area contributed by atoms with Crippen LogP contribution in [0.1, 0.15) is 20.8 Å². The van der Waals surface area contributed by atoms with Gasteiger partial charge in [-0.1, -0.05) is 20.8 Å². The zero-order valence-electron chi connectivity index (χ0n) is 10.9. The van der Waals surface area contributed by atoms with E-state index in [2.05, 4.69) is 26.1 Å². The number of carbonyl (C=O) groups is 1. The molecule has 0 aliphatic carbocycles. The molecule has 0 aromatic heterocycles. The van der Waals surface area contributed by atoms with Crippen molar-refractivity contribution in [2.24, 2.45) is 5.92 Å². The predicted octanol–water partition coefficient (Wildman–Crippen LogP) is 3.12. The molecule has 1 aromatic carbocycles. The molecule has 0 saturated heterocycles. The molecule has 0 spiro atoms. The Hall–Kier alpha value is -1.23. The molecule has 0 saturated carbocycles. The molecule has 0 heterocycles. The fourth-order valence-corrected chi connectivity index (χ4v) is 2.10. The largest absolute Gasteiger partial charge is 0.399 e. The van der Waals surface area contributed by atoms with E-state index >= 15 is 0 Å². The smallest absolute Gasteiger partial charge is 0.234 e. The van der Waals surface area contributed by atoms with Gasteiger partial charge in [0.25, 0.3) is 0 Å². The Labute approximate surface area is 111 Å². The second-order valence-electron chi connectivity index (χ2n) is 4.55. The maximum atomic E-state index is 13.4. The van der Waals surface area contributed by atoms with Gasteiger partial charge in [0.05, 0.1) is 11.4 Å². The molecule has 1 amide bonds. The van der Waals surface area contributed by atoms with Crippen LogP contribution in [0.5, 0.6) is 0 Å². The lowest BCUT2D eigenvalue weighted by atomic mass is 10.2. The standard InChI is InChI=1S/C13H19FN2OS/c1-8(2)9(3)18-7-13(17)16-12-6-10(15)4-5-11(12)14/h4-6,8-9H,7,15H2,1-3H3,(H,16,17). The number of thioether (sulfide) groups is 1. The molecule has 5 heteroatoms. The number of hydrogen-bond acceptors (Lipinski definition) is 3. The summed E-state index contributed by atoms with van der Waals surface area (Å²) >= 11 is 1.56. The molecular formula is C13H19FN2OS. The van der Waals surface area contributed by atoms with Gasteiger partial charge in [0, 0.05) is 10.9 Å². The van der Waals surface area contributed by atoms with E-state index in [-0.39, 0.29) is 11.6 Å². The van der Waals surface area contributed by atoms with Crippen molar-refractivity contribution in [3.05, 3.63) is 24.0 Å². The van der Waals surface area contributed by atoms with E-state index in [1.165, 1.54) is 18.2 Å². The zero-order chi connectivity index (χ0) is 13.7. The predicted molar refractivity (Wildman–Crippen MR) is 76.2 cm³/mol. The minimum absolute atomic E-state index is 0.137. The lowest BCUT2D eigenvalue weighted by Crippen LogP contribution is -2.18. The number of carbonyl (C=O) groups excluding carboxylic acids is 1. The second kappa shape index (κ2) is 6.64. The molecule has 18 heavy (non-hydrogen) atoms. The molecule has 1 unspecified atom stereocenters. The molecule has 3 nitrogen and oxygen atoms in total. The summed E-state index contributed by atoms with van der Waals surface area (Å²) in [5, 5.41) is 2.92. The Morgan fingerprint density at radius 1 is 1.44 bits per heavy atom. The molecule has 0 bridgehead atoms. The second-order valence-corrected chi connectivity index (χ2v) is 5.91. The van der Waals surface area contributed by atoms with Crippen molar-refractivity contribution in [1.29, 1.82) is 0 Å². The van der Waals surface area contributed by atoms with Crippen LogP contribution in [-0.2, 0) is 4.79 Å². The number of nitrogens with one attached hydrogen (secondary N) is 1. The molecule has 0 aliphatic heterocycles. The van der Waals surface area contributed by atoms with Gasteiger partial charge in [-0.15, -0.1) is 11.8 Å². The van der Waals surface area contributed by atoms with Gasteiger partial charge in [0.1, 0.15) is 5.82 Å². The van der Waals surface area contributed by atoms with Crippen LogP contribution in [0.3, 0.4) is 0 Å². The summed E-state index contributed by atoms with van der Waals surface area (Å²) in [5.74, 6) is 0.136. The topological polar surface area (TPSA) is 55.1 Å². The first kappa shape index (κ1) is 14.8. The molecule has 100 valence electrons. The number of nitrogens with two attached hydrogens (primary N) is 1. The van der Waals surface area contributed by atoms with Crippen LogP contribution in [0.25, 0.3) is 0 Å². The average molecular weight is 270 g/mol. The Balaban J connectivity index is 2.52. The number of amides is 1. The minimum Gasteiger partial charge on any atom is -0.399 e. The van der Waals surface area contributed by atoms with Gasteiger partial charge in [-0.3, -0.25) is 4.79 Å². The highest BCUT2D eigenvalue weighted by atomic mass is 32.2. The van der Waals surface area contributed by atoms with Gasteiger partial charge in [-0.2, -0.15) is 0 Å². The summed E-state index contributed by atoms with van der Waals surface area (Å²) in [6.07, 6.45) is 0. The molecule has 1 rings (SSSR count). The van der Waals surface area contributed by atoms with E-state index in [0.717, 1.165) is 0 Å². The molecule has 0 aliphatic rings. The normalized spacial score (nSPS) is 12.5. The maximum Gasteiger partial charge on any atom is 0.234 e. The summed E-state index contributed by atoms with van der Waals surface area (Å²) in [4.78, 5) is 11.7. The Kier molecular flexibility index (Phi) is 5.47. The van der Waals surface area contributed by atoms with Crippen molar-refractivity contribution in [2.75, 3.05) is 16.8 Å². The van der Waals surface area contributed by atoms with E-state index in [1.54, 1.807) is 11.8 Å². The summed E-state index contributed by atoms with van der Waals surface area (Å²) in [5.41, 5.74) is 6.10. The Morgan fingerprint density at radius 3 is 2.72 bits per heavy atom. The number of hydrogen-bond donors (Lipinski definition) is 2. The number of rotatable bonds is 5. The van der Waals surface area contributed by atoms with E-state index in [1.807, 2.05) is 0 Å².